The molecule has 0 radical (unpaired) electrons. The van der Waals surface area contributed by atoms with E-state index in [4.69, 9.17) is 24.0 Å². The zero-order valence-electron chi connectivity index (χ0n) is 19.2. The van der Waals surface area contributed by atoms with Crippen molar-refractivity contribution in [2.24, 2.45) is 0 Å². The van der Waals surface area contributed by atoms with Crippen molar-refractivity contribution in [3.05, 3.63) is 24.3 Å². The molecule has 15 nitrogen and oxygen atoms in total. The number of hydrogen-bond donors (Lipinski definition) is 9. The average molecular weight is 581 g/mol. The number of aliphatic hydroxyl groups excluding tert-OH is 6. The first-order chi connectivity index (χ1) is 17.5. The summed E-state index contributed by atoms with van der Waals surface area (Å²) in [4.78, 5) is 28.3. The van der Waals surface area contributed by atoms with Gasteiger partial charge >= 0.3 is 19.9 Å². The SMILES string of the molecule is O=C(Nc1ccc(O[C@@H]2O[C@H](CO)[C@@H](O)[C@H](OC[C@H](O)[C@H](O)[C@H](O)COP(=O)(O)O)[C@H]2O)cc1)C(F)(F)F. The summed E-state index contributed by atoms with van der Waals surface area (Å²) in [6, 6.07) is 4.36. The van der Waals surface area contributed by atoms with Crippen molar-refractivity contribution in [2.45, 2.75) is 55.2 Å². The number of anilines is 1. The molecule has 1 saturated heterocycles. The molecule has 1 aliphatic rings. The molecule has 38 heavy (non-hydrogen) atoms. The first kappa shape index (κ1) is 32.3. The van der Waals surface area contributed by atoms with Gasteiger partial charge in [-0.1, -0.05) is 0 Å². The van der Waals surface area contributed by atoms with Gasteiger partial charge in [0, 0.05) is 5.69 Å². The molecule has 0 aliphatic carbocycles. The van der Waals surface area contributed by atoms with Crippen molar-refractivity contribution in [1.29, 1.82) is 0 Å². The highest BCUT2D eigenvalue weighted by atomic mass is 31.2. The van der Waals surface area contributed by atoms with Crippen LogP contribution in [-0.2, 0) is 23.4 Å². The second kappa shape index (κ2) is 13.4. The van der Waals surface area contributed by atoms with Gasteiger partial charge in [-0.15, -0.1) is 0 Å². The van der Waals surface area contributed by atoms with Gasteiger partial charge in [-0.25, -0.2) is 4.57 Å². The maximum Gasteiger partial charge on any atom is 0.471 e. The van der Waals surface area contributed by atoms with Gasteiger partial charge in [0.1, 0.15) is 48.5 Å². The van der Waals surface area contributed by atoms with E-state index in [1.54, 1.807) is 5.32 Å². The number of benzene rings is 1. The molecule has 218 valence electrons. The number of carbonyl (C=O) groups excluding carboxylic acids is 1. The lowest BCUT2D eigenvalue weighted by Gasteiger charge is -2.42. The van der Waals surface area contributed by atoms with Gasteiger partial charge in [-0.2, -0.15) is 13.2 Å². The predicted molar refractivity (Wildman–Crippen MR) is 115 cm³/mol. The van der Waals surface area contributed by atoms with Crippen molar-refractivity contribution in [1.82, 2.24) is 0 Å². The lowest BCUT2D eigenvalue weighted by molar-refractivity contribution is -0.289. The third kappa shape index (κ3) is 9.37. The summed E-state index contributed by atoms with van der Waals surface area (Å²) in [6.45, 7) is -2.68. The van der Waals surface area contributed by atoms with Gasteiger partial charge in [-0.3, -0.25) is 9.32 Å². The maximum absolute atomic E-state index is 12.4. The number of rotatable bonds is 12. The van der Waals surface area contributed by atoms with E-state index < -0.39 is 88.7 Å². The van der Waals surface area contributed by atoms with Crippen molar-refractivity contribution >= 4 is 19.4 Å². The van der Waals surface area contributed by atoms with Gasteiger partial charge in [0.05, 0.1) is 19.8 Å². The summed E-state index contributed by atoms with van der Waals surface area (Å²) in [5.41, 5.74) is -0.226. The van der Waals surface area contributed by atoms with Crippen molar-refractivity contribution in [3.63, 3.8) is 0 Å². The number of ether oxygens (including phenoxy) is 3. The zero-order valence-corrected chi connectivity index (χ0v) is 20.1. The number of phosphoric acid groups is 1. The molecule has 1 aromatic carbocycles. The fourth-order valence-corrected chi connectivity index (χ4v) is 3.48. The Morgan fingerprint density at radius 3 is 2.16 bits per heavy atom. The molecule has 2 rings (SSSR count). The van der Waals surface area contributed by atoms with Gasteiger partial charge in [0.15, 0.2) is 0 Å². The number of aliphatic hydroxyl groups is 6. The van der Waals surface area contributed by atoms with Gasteiger partial charge in [0.2, 0.25) is 6.29 Å². The molecule has 1 fully saturated rings. The molecule has 8 atom stereocenters. The van der Waals surface area contributed by atoms with Crippen LogP contribution >= 0.6 is 7.82 Å². The van der Waals surface area contributed by atoms with E-state index in [0.717, 1.165) is 24.3 Å². The van der Waals surface area contributed by atoms with Crippen LogP contribution < -0.4 is 10.1 Å². The minimum Gasteiger partial charge on any atom is -0.462 e. The first-order valence-electron chi connectivity index (χ1n) is 10.7. The summed E-state index contributed by atoms with van der Waals surface area (Å²) in [7, 11) is -4.97. The molecule has 1 aliphatic heterocycles. The summed E-state index contributed by atoms with van der Waals surface area (Å²) in [5.74, 6) is -2.28. The van der Waals surface area contributed by atoms with Crippen LogP contribution in [0.3, 0.4) is 0 Å². The van der Waals surface area contributed by atoms with E-state index in [1.807, 2.05) is 0 Å². The van der Waals surface area contributed by atoms with Crippen molar-refractivity contribution < 1.29 is 81.7 Å². The fraction of sp³-hybridized carbons (Fsp3) is 0.632. The van der Waals surface area contributed by atoms with Crippen LogP contribution in [0.25, 0.3) is 0 Å². The summed E-state index contributed by atoms with van der Waals surface area (Å²) < 4.78 is 67.7. The van der Waals surface area contributed by atoms with E-state index in [0.29, 0.717) is 0 Å². The Balaban J connectivity index is 2.02. The number of hydrogen-bond acceptors (Lipinski definition) is 12. The van der Waals surface area contributed by atoms with E-state index in [2.05, 4.69) is 4.52 Å². The lowest BCUT2D eigenvalue weighted by atomic mass is 9.98. The number of alkyl halides is 3. The first-order valence-corrected chi connectivity index (χ1v) is 12.2. The molecule has 9 N–H and O–H groups in total. The third-order valence-electron chi connectivity index (χ3n) is 5.11. The predicted octanol–water partition coefficient (Wildman–Crippen LogP) is -2.42. The Labute approximate surface area is 212 Å². The maximum atomic E-state index is 12.4. The normalized spacial score (nSPS) is 26.9. The van der Waals surface area contributed by atoms with Crippen LogP contribution in [0.4, 0.5) is 18.9 Å². The number of phosphoric ester groups is 1. The Bertz CT molecular complexity index is 948. The van der Waals surface area contributed by atoms with Crippen LogP contribution in [0.2, 0.25) is 0 Å². The molecule has 0 unspecified atom stereocenters. The lowest BCUT2D eigenvalue weighted by Crippen LogP contribution is -2.61. The molecule has 0 bridgehead atoms. The van der Waals surface area contributed by atoms with Crippen LogP contribution in [0.5, 0.6) is 5.75 Å². The molecule has 1 aromatic rings. The van der Waals surface area contributed by atoms with Crippen LogP contribution in [0.15, 0.2) is 24.3 Å². The molecule has 1 heterocycles. The smallest absolute Gasteiger partial charge is 0.462 e. The van der Waals surface area contributed by atoms with E-state index in [9.17, 15) is 53.2 Å². The molecular weight excluding hydrogens is 554 g/mol. The quantitative estimate of drug-likeness (QED) is 0.117. The number of nitrogens with one attached hydrogen (secondary N) is 1. The molecule has 19 heteroatoms. The van der Waals surface area contributed by atoms with Crippen molar-refractivity contribution in [3.8, 4) is 5.75 Å². The van der Waals surface area contributed by atoms with Crippen LogP contribution in [0.1, 0.15) is 0 Å². The topological polar surface area (TPSA) is 245 Å². The number of halogens is 3. The number of carbonyl (C=O) groups is 1. The Kier molecular flexibility index (Phi) is 11.4. The van der Waals surface area contributed by atoms with Crippen molar-refractivity contribution in [2.75, 3.05) is 25.1 Å². The second-order valence-corrected chi connectivity index (χ2v) is 9.25. The summed E-state index contributed by atoms with van der Waals surface area (Å²) in [5, 5.41) is 61.6. The Morgan fingerprint density at radius 2 is 1.63 bits per heavy atom. The average Bonchev–Trinajstić information content (AvgIpc) is 2.83. The highest BCUT2D eigenvalue weighted by Gasteiger charge is 2.47. The highest BCUT2D eigenvalue weighted by molar-refractivity contribution is 7.46. The minimum atomic E-state index is -5.11. The standard InChI is InChI=1S/C19H27F3NO14P/c20-19(21,22)18(30)23-8-1-3-9(4-2-8)36-17-15(29)16(14(28)12(5-24)37-17)34-6-10(25)13(27)11(26)7-35-38(31,32)33/h1-4,10-17,24-29H,5-7H2,(H,23,30)(H2,31,32,33)/t10-,11+,12+,13-,14+,15+,16-,17+/m0/s1. The van der Waals surface area contributed by atoms with Gasteiger partial charge in [0.25, 0.3) is 0 Å². The van der Waals surface area contributed by atoms with Gasteiger partial charge in [-0.05, 0) is 24.3 Å². The molecule has 0 saturated carbocycles. The summed E-state index contributed by atoms with van der Waals surface area (Å²) >= 11 is 0. The summed E-state index contributed by atoms with van der Waals surface area (Å²) in [6.07, 6.45) is -19.1. The molecule has 0 aromatic heterocycles. The molecule has 1 amide bonds. The van der Waals surface area contributed by atoms with Gasteiger partial charge < -0.3 is 60.0 Å². The monoisotopic (exact) mass is 581 g/mol. The Morgan fingerprint density at radius 1 is 1.05 bits per heavy atom. The van der Waals surface area contributed by atoms with E-state index >= 15 is 0 Å². The van der Waals surface area contributed by atoms with E-state index in [-0.39, 0.29) is 11.4 Å². The second-order valence-electron chi connectivity index (χ2n) is 8.01. The third-order valence-corrected chi connectivity index (χ3v) is 5.59. The van der Waals surface area contributed by atoms with Crippen LogP contribution in [-0.4, -0.2) is 121 Å². The zero-order chi connectivity index (χ0) is 28.8. The molecular formula is C19H27F3NO14P. The number of amides is 1. The van der Waals surface area contributed by atoms with Crippen LogP contribution in [0, 0.1) is 0 Å². The Hall–Kier alpha value is -1.93. The highest BCUT2D eigenvalue weighted by Crippen LogP contribution is 2.36. The minimum absolute atomic E-state index is 0.0745. The fourth-order valence-electron chi connectivity index (χ4n) is 3.14. The van der Waals surface area contributed by atoms with E-state index in [1.165, 1.54) is 0 Å². The largest absolute Gasteiger partial charge is 0.471 e. The molecule has 0 spiro atoms.